The van der Waals surface area contributed by atoms with Gasteiger partial charge in [0.25, 0.3) is 0 Å². The fourth-order valence-electron chi connectivity index (χ4n) is 2.85. The Morgan fingerprint density at radius 3 is 2.46 bits per heavy atom. The number of sulfonamides is 1. The maximum absolute atomic E-state index is 13.1. The van der Waals surface area contributed by atoms with Crippen molar-refractivity contribution in [2.24, 2.45) is 0 Å². The average molecular weight is 349 g/mol. The fraction of sp³-hybridized carbons (Fsp3) is 0.333. The monoisotopic (exact) mass is 349 g/mol. The highest BCUT2D eigenvalue weighted by atomic mass is 32.2. The van der Waals surface area contributed by atoms with Gasteiger partial charge in [-0.15, -0.1) is 0 Å². The molecule has 3 rings (SSSR count). The third-order valence-electron chi connectivity index (χ3n) is 4.16. The van der Waals surface area contributed by atoms with E-state index >= 15 is 0 Å². The lowest BCUT2D eigenvalue weighted by atomic mass is 10.1. The molecular formula is C18H20FNO3S. The smallest absolute Gasteiger partial charge is 0.219 e. The van der Waals surface area contributed by atoms with Gasteiger partial charge < -0.3 is 4.74 Å². The van der Waals surface area contributed by atoms with Gasteiger partial charge in [-0.1, -0.05) is 42.0 Å². The Morgan fingerprint density at radius 1 is 1.12 bits per heavy atom. The maximum atomic E-state index is 13.1. The van der Waals surface area contributed by atoms with E-state index in [1.165, 1.54) is 16.4 Å². The molecule has 1 saturated heterocycles. The Morgan fingerprint density at radius 2 is 1.79 bits per heavy atom. The number of hydrogen-bond acceptors (Lipinski definition) is 3. The quantitative estimate of drug-likeness (QED) is 0.852. The summed E-state index contributed by atoms with van der Waals surface area (Å²) >= 11 is 0. The zero-order valence-corrected chi connectivity index (χ0v) is 14.3. The SMILES string of the molecule is Cc1ccc(CS(=O)(=O)N2CCOCC2c2ccc(F)cc2)cc1. The molecule has 24 heavy (non-hydrogen) atoms. The van der Waals surface area contributed by atoms with Crippen molar-refractivity contribution in [2.45, 2.75) is 18.7 Å². The van der Waals surface area contributed by atoms with Gasteiger partial charge in [0.1, 0.15) is 5.82 Å². The van der Waals surface area contributed by atoms with E-state index in [0.717, 1.165) is 16.7 Å². The summed E-state index contributed by atoms with van der Waals surface area (Å²) in [6.45, 7) is 2.91. The van der Waals surface area contributed by atoms with Crippen molar-refractivity contribution in [3.05, 3.63) is 71.0 Å². The topological polar surface area (TPSA) is 46.6 Å². The van der Waals surface area contributed by atoms with Gasteiger partial charge in [0.15, 0.2) is 0 Å². The minimum absolute atomic E-state index is 0.0506. The number of halogens is 1. The van der Waals surface area contributed by atoms with Gasteiger partial charge in [0.2, 0.25) is 10.0 Å². The largest absolute Gasteiger partial charge is 0.378 e. The molecule has 0 N–H and O–H groups in total. The molecule has 0 radical (unpaired) electrons. The summed E-state index contributed by atoms with van der Waals surface area (Å²) in [7, 11) is -3.50. The van der Waals surface area contributed by atoms with Crippen LogP contribution in [0.5, 0.6) is 0 Å². The first kappa shape index (κ1) is 17.1. The van der Waals surface area contributed by atoms with Gasteiger partial charge in [-0.2, -0.15) is 4.31 Å². The molecular weight excluding hydrogens is 329 g/mol. The van der Waals surface area contributed by atoms with Crippen LogP contribution in [0.2, 0.25) is 0 Å². The Labute approximate surface area is 141 Å². The van der Waals surface area contributed by atoms with Gasteiger partial charge in [-0.25, -0.2) is 12.8 Å². The number of rotatable bonds is 4. The van der Waals surface area contributed by atoms with E-state index in [1.54, 1.807) is 12.1 Å². The Hall–Kier alpha value is -1.76. The Bertz CT molecular complexity index is 788. The summed E-state index contributed by atoms with van der Waals surface area (Å²) in [5.41, 5.74) is 2.58. The number of morpholine rings is 1. The molecule has 2 aromatic rings. The normalized spacial score (nSPS) is 19.3. The second kappa shape index (κ2) is 7.01. The van der Waals surface area contributed by atoms with Crippen LogP contribution in [0.15, 0.2) is 48.5 Å². The van der Waals surface area contributed by atoms with Crippen LogP contribution >= 0.6 is 0 Å². The summed E-state index contributed by atoms with van der Waals surface area (Å²) in [5.74, 6) is -0.394. The number of hydrogen-bond donors (Lipinski definition) is 0. The van der Waals surface area contributed by atoms with Crippen molar-refractivity contribution in [3.8, 4) is 0 Å². The van der Waals surface area contributed by atoms with E-state index < -0.39 is 16.1 Å². The van der Waals surface area contributed by atoms with Crippen LogP contribution in [-0.4, -0.2) is 32.5 Å². The lowest BCUT2D eigenvalue weighted by Crippen LogP contribution is -2.43. The van der Waals surface area contributed by atoms with Gasteiger partial charge in [0, 0.05) is 6.54 Å². The molecule has 0 aromatic heterocycles. The summed E-state index contributed by atoms with van der Waals surface area (Å²) < 4.78 is 45.8. The van der Waals surface area contributed by atoms with Crippen LogP contribution in [0.4, 0.5) is 4.39 Å². The minimum atomic E-state index is -3.50. The first-order chi connectivity index (χ1) is 11.5. The van der Waals surface area contributed by atoms with E-state index in [-0.39, 0.29) is 18.2 Å². The summed E-state index contributed by atoms with van der Waals surface area (Å²) in [6.07, 6.45) is 0. The van der Waals surface area contributed by atoms with Crippen LogP contribution in [-0.2, 0) is 20.5 Å². The lowest BCUT2D eigenvalue weighted by molar-refractivity contribution is 0.0320. The van der Waals surface area contributed by atoms with Crippen LogP contribution in [0.25, 0.3) is 0 Å². The molecule has 0 bridgehead atoms. The highest BCUT2D eigenvalue weighted by molar-refractivity contribution is 7.88. The number of nitrogens with zero attached hydrogens (tertiary/aromatic N) is 1. The Kier molecular flexibility index (Phi) is 4.99. The second-order valence-electron chi connectivity index (χ2n) is 5.99. The molecule has 0 spiro atoms. The van der Waals surface area contributed by atoms with Crippen LogP contribution in [0, 0.1) is 12.7 Å². The molecule has 0 saturated carbocycles. The maximum Gasteiger partial charge on any atom is 0.219 e. The van der Waals surface area contributed by atoms with Crippen molar-refractivity contribution >= 4 is 10.0 Å². The molecule has 1 fully saturated rings. The van der Waals surface area contributed by atoms with Crippen molar-refractivity contribution in [2.75, 3.05) is 19.8 Å². The molecule has 1 aliphatic heterocycles. The molecule has 1 unspecified atom stereocenters. The molecule has 6 heteroatoms. The van der Waals surface area contributed by atoms with Crippen molar-refractivity contribution in [3.63, 3.8) is 0 Å². The molecule has 0 aliphatic carbocycles. The predicted octanol–water partition coefficient (Wildman–Crippen LogP) is 3.04. The van der Waals surface area contributed by atoms with Gasteiger partial charge in [-0.05, 0) is 30.2 Å². The molecule has 4 nitrogen and oxygen atoms in total. The average Bonchev–Trinajstić information content (AvgIpc) is 2.57. The highest BCUT2D eigenvalue weighted by Crippen LogP contribution is 2.28. The number of aryl methyl sites for hydroxylation is 1. The molecule has 1 heterocycles. The summed E-state index contributed by atoms with van der Waals surface area (Å²) in [5, 5.41) is 0. The first-order valence-electron chi connectivity index (χ1n) is 7.84. The van der Waals surface area contributed by atoms with Crippen LogP contribution in [0.3, 0.4) is 0 Å². The third kappa shape index (κ3) is 3.83. The van der Waals surface area contributed by atoms with Crippen molar-refractivity contribution in [1.82, 2.24) is 4.31 Å². The van der Waals surface area contributed by atoms with Gasteiger partial charge in [-0.3, -0.25) is 0 Å². The lowest BCUT2D eigenvalue weighted by Gasteiger charge is -2.35. The number of ether oxygens (including phenoxy) is 1. The molecule has 1 atom stereocenters. The van der Waals surface area contributed by atoms with E-state index in [1.807, 2.05) is 31.2 Å². The van der Waals surface area contributed by atoms with E-state index in [2.05, 4.69) is 0 Å². The van der Waals surface area contributed by atoms with Crippen molar-refractivity contribution < 1.29 is 17.5 Å². The molecule has 1 aliphatic rings. The third-order valence-corrected chi connectivity index (χ3v) is 6.01. The van der Waals surface area contributed by atoms with Crippen LogP contribution < -0.4 is 0 Å². The van der Waals surface area contributed by atoms with E-state index in [4.69, 9.17) is 4.74 Å². The summed E-state index contributed by atoms with van der Waals surface area (Å²) in [4.78, 5) is 0. The highest BCUT2D eigenvalue weighted by Gasteiger charge is 2.33. The second-order valence-corrected chi connectivity index (χ2v) is 7.92. The Balaban J connectivity index is 1.85. The van der Waals surface area contributed by atoms with Gasteiger partial charge in [0.05, 0.1) is 25.0 Å². The first-order valence-corrected chi connectivity index (χ1v) is 9.45. The standard InChI is InChI=1S/C18H20FNO3S/c1-14-2-4-15(5-3-14)13-24(21,22)20-10-11-23-12-18(20)16-6-8-17(19)9-7-16/h2-9,18H,10-13H2,1H3. The molecule has 0 amide bonds. The summed E-state index contributed by atoms with van der Waals surface area (Å²) in [6, 6.07) is 13.0. The van der Waals surface area contributed by atoms with Crippen molar-refractivity contribution in [1.29, 1.82) is 0 Å². The zero-order chi connectivity index (χ0) is 17.2. The number of benzene rings is 2. The molecule has 128 valence electrons. The van der Waals surface area contributed by atoms with Crippen LogP contribution in [0.1, 0.15) is 22.7 Å². The predicted molar refractivity (Wildman–Crippen MR) is 90.5 cm³/mol. The fourth-order valence-corrected chi connectivity index (χ4v) is 4.55. The minimum Gasteiger partial charge on any atom is -0.378 e. The van der Waals surface area contributed by atoms with Gasteiger partial charge >= 0.3 is 0 Å². The van der Waals surface area contributed by atoms with E-state index in [0.29, 0.717) is 13.2 Å². The molecule has 2 aromatic carbocycles. The van der Waals surface area contributed by atoms with E-state index in [9.17, 15) is 12.8 Å². The zero-order valence-electron chi connectivity index (χ0n) is 13.5.